The zero-order valence-electron chi connectivity index (χ0n) is 16.6. The van der Waals surface area contributed by atoms with Gasteiger partial charge < -0.3 is 14.6 Å². The average Bonchev–Trinajstić information content (AvgIpc) is 3.34. The standard InChI is InChI=1S/C20H21N3O5S2/c1-4-18(24)21-20-13(2)22-28-17(20)11-9-14-10-12-19(29-14)30(25,26)23-15-7-5-6-8-16(15)27-3/h5-12,23H,4H2,1-3H3,(H,21,24). The van der Waals surface area contributed by atoms with E-state index in [4.69, 9.17) is 9.26 Å². The maximum Gasteiger partial charge on any atom is 0.271 e. The third-order valence-electron chi connectivity index (χ3n) is 4.09. The summed E-state index contributed by atoms with van der Waals surface area (Å²) in [6.45, 7) is 3.48. The van der Waals surface area contributed by atoms with Gasteiger partial charge in [0.2, 0.25) is 5.91 Å². The number of hydrogen-bond donors (Lipinski definition) is 2. The van der Waals surface area contributed by atoms with Crippen LogP contribution in [0.15, 0.2) is 45.1 Å². The van der Waals surface area contributed by atoms with Crippen molar-refractivity contribution >= 4 is 50.8 Å². The highest BCUT2D eigenvalue weighted by atomic mass is 32.2. The van der Waals surface area contributed by atoms with Crippen LogP contribution in [0.5, 0.6) is 5.75 Å². The largest absolute Gasteiger partial charge is 0.495 e. The highest BCUT2D eigenvalue weighted by molar-refractivity contribution is 7.94. The van der Waals surface area contributed by atoms with E-state index in [2.05, 4.69) is 15.2 Å². The van der Waals surface area contributed by atoms with Gasteiger partial charge in [-0.2, -0.15) is 0 Å². The van der Waals surface area contributed by atoms with Gasteiger partial charge in [-0.1, -0.05) is 24.2 Å². The summed E-state index contributed by atoms with van der Waals surface area (Å²) in [4.78, 5) is 12.4. The number of amides is 1. The number of benzene rings is 1. The summed E-state index contributed by atoms with van der Waals surface area (Å²) in [5.41, 5.74) is 1.42. The van der Waals surface area contributed by atoms with E-state index in [0.29, 0.717) is 39.9 Å². The van der Waals surface area contributed by atoms with E-state index >= 15 is 0 Å². The number of aromatic nitrogens is 1. The number of nitrogens with zero attached hydrogens (tertiary/aromatic N) is 1. The summed E-state index contributed by atoms with van der Waals surface area (Å²) in [5, 5.41) is 6.62. The smallest absolute Gasteiger partial charge is 0.271 e. The molecule has 0 aliphatic carbocycles. The van der Waals surface area contributed by atoms with E-state index in [-0.39, 0.29) is 10.1 Å². The molecule has 8 nitrogen and oxygen atoms in total. The molecular weight excluding hydrogens is 426 g/mol. The number of nitrogens with one attached hydrogen (secondary N) is 2. The van der Waals surface area contributed by atoms with Crippen molar-refractivity contribution in [2.24, 2.45) is 0 Å². The maximum absolute atomic E-state index is 12.7. The monoisotopic (exact) mass is 447 g/mol. The lowest BCUT2D eigenvalue weighted by atomic mass is 10.2. The fraction of sp³-hybridized carbons (Fsp3) is 0.200. The number of thiophene rings is 1. The predicted octanol–water partition coefficient (Wildman–Crippen LogP) is 4.37. The van der Waals surface area contributed by atoms with Gasteiger partial charge in [0, 0.05) is 11.3 Å². The van der Waals surface area contributed by atoms with Gasteiger partial charge in [0.15, 0.2) is 5.76 Å². The first-order valence-corrected chi connectivity index (χ1v) is 11.3. The second-order valence-electron chi connectivity index (χ2n) is 6.20. The SMILES string of the molecule is CCC(=O)Nc1c(C)noc1C=Cc1ccc(S(=O)(=O)Nc2ccccc2OC)s1. The molecule has 0 unspecified atom stereocenters. The summed E-state index contributed by atoms with van der Waals surface area (Å²) >= 11 is 1.10. The van der Waals surface area contributed by atoms with Gasteiger partial charge in [-0.25, -0.2) is 8.42 Å². The Balaban J connectivity index is 1.79. The minimum Gasteiger partial charge on any atom is -0.495 e. The van der Waals surface area contributed by atoms with Gasteiger partial charge in [0.25, 0.3) is 10.0 Å². The summed E-state index contributed by atoms with van der Waals surface area (Å²) in [5.74, 6) is 0.669. The van der Waals surface area contributed by atoms with Crippen LogP contribution in [0.4, 0.5) is 11.4 Å². The molecule has 1 amide bonds. The fourth-order valence-corrected chi connectivity index (χ4v) is 4.83. The van der Waals surface area contributed by atoms with Crippen LogP contribution >= 0.6 is 11.3 Å². The molecule has 158 valence electrons. The Kier molecular flexibility index (Phi) is 6.58. The molecule has 2 heterocycles. The number of aryl methyl sites for hydroxylation is 1. The number of para-hydroxylation sites is 2. The van der Waals surface area contributed by atoms with Gasteiger partial charge >= 0.3 is 0 Å². The number of anilines is 2. The van der Waals surface area contributed by atoms with Crippen LogP contribution in [0.3, 0.4) is 0 Å². The van der Waals surface area contributed by atoms with Crippen LogP contribution in [-0.2, 0) is 14.8 Å². The number of methoxy groups -OCH3 is 1. The molecule has 0 fully saturated rings. The molecule has 3 aromatic rings. The van der Waals surface area contributed by atoms with E-state index in [1.165, 1.54) is 13.2 Å². The molecule has 0 saturated carbocycles. The van der Waals surface area contributed by atoms with Gasteiger partial charge in [-0.3, -0.25) is 9.52 Å². The van der Waals surface area contributed by atoms with Crippen LogP contribution in [0.1, 0.15) is 29.7 Å². The van der Waals surface area contributed by atoms with Crippen LogP contribution in [0, 0.1) is 6.92 Å². The molecule has 0 radical (unpaired) electrons. The molecule has 3 rings (SSSR count). The number of carbonyl (C=O) groups excluding carboxylic acids is 1. The summed E-state index contributed by atoms with van der Waals surface area (Å²) in [6, 6.07) is 9.99. The third kappa shape index (κ3) is 4.89. The van der Waals surface area contributed by atoms with Crippen molar-refractivity contribution in [3.8, 4) is 5.75 Å². The summed E-state index contributed by atoms with van der Waals surface area (Å²) in [7, 11) is -2.29. The molecule has 10 heteroatoms. The van der Waals surface area contributed by atoms with Crippen LogP contribution in [-0.4, -0.2) is 26.6 Å². The fourth-order valence-electron chi connectivity index (χ4n) is 2.53. The van der Waals surface area contributed by atoms with E-state index in [1.54, 1.807) is 56.3 Å². The van der Waals surface area contributed by atoms with Crippen LogP contribution in [0.2, 0.25) is 0 Å². The Morgan fingerprint density at radius 1 is 1.23 bits per heavy atom. The van der Waals surface area contributed by atoms with Crippen LogP contribution < -0.4 is 14.8 Å². The van der Waals surface area contributed by atoms with Crippen molar-refractivity contribution in [1.82, 2.24) is 5.16 Å². The van der Waals surface area contributed by atoms with Crippen molar-refractivity contribution in [2.45, 2.75) is 24.5 Å². The first-order valence-electron chi connectivity index (χ1n) is 9.04. The second-order valence-corrected chi connectivity index (χ2v) is 9.23. The zero-order valence-corrected chi connectivity index (χ0v) is 18.3. The predicted molar refractivity (Wildman–Crippen MR) is 117 cm³/mol. The summed E-state index contributed by atoms with van der Waals surface area (Å²) in [6.07, 6.45) is 3.68. The first kappa shape index (κ1) is 21.6. The van der Waals surface area contributed by atoms with Crippen molar-refractivity contribution in [3.05, 3.63) is 52.7 Å². The molecule has 2 aromatic heterocycles. The van der Waals surface area contributed by atoms with Gasteiger partial charge in [-0.15, -0.1) is 11.3 Å². The highest BCUT2D eigenvalue weighted by Gasteiger charge is 2.19. The van der Waals surface area contributed by atoms with Crippen molar-refractivity contribution < 1.29 is 22.5 Å². The lowest BCUT2D eigenvalue weighted by Crippen LogP contribution is -2.12. The number of ether oxygens (including phenoxy) is 1. The number of sulfonamides is 1. The lowest BCUT2D eigenvalue weighted by molar-refractivity contribution is -0.115. The normalized spacial score (nSPS) is 11.6. The molecule has 0 aliphatic rings. The van der Waals surface area contributed by atoms with E-state index in [1.807, 2.05) is 0 Å². The quantitative estimate of drug-likeness (QED) is 0.530. The minimum atomic E-state index is -3.77. The second kappa shape index (κ2) is 9.14. The van der Waals surface area contributed by atoms with Crippen molar-refractivity contribution in [1.29, 1.82) is 0 Å². The Hall–Kier alpha value is -3.11. The third-order valence-corrected chi connectivity index (χ3v) is 7.00. The topological polar surface area (TPSA) is 111 Å². The Morgan fingerprint density at radius 3 is 2.73 bits per heavy atom. The molecule has 1 aromatic carbocycles. The van der Waals surface area contributed by atoms with Gasteiger partial charge in [0.05, 0.1) is 12.8 Å². The molecule has 0 aliphatic heterocycles. The van der Waals surface area contributed by atoms with E-state index in [9.17, 15) is 13.2 Å². The van der Waals surface area contributed by atoms with Crippen molar-refractivity contribution in [3.63, 3.8) is 0 Å². The molecular formula is C20H21N3O5S2. The number of carbonyl (C=O) groups is 1. The Labute approximate surface area is 178 Å². The molecule has 0 bridgehead atoms. The summed E-state index contributed by atoms with van der Waals surface area (Å²) < 4.78 is 38.6. The van der Waals surface area contributed by atoms with Gasteiger partial charge in [-0.05, 0) is 43.3 Å². The average molecular weight is 448 g/mol. The highest BCUT2D eigenvalue weighted by Crippen LogP contribution is 2.30. The number of hydrogen-bond acceptors (Lipinski definition) is 7. The number of rotatable bonds is 8. The van der Waals surface area contributed by atoms with E-state index in [0.717, 1.165) is 11.3 Å². The molecule has 30 heavy (non-hydrogen) atoms. The minimum absolute atomic E-state index is 0.150. The Bertz CT molecular complexity index is 1180. The Morgan fingerprint density at radius 2 is 2.00 bits per heavy atom. The maximum atomic E-state index is 12.7. The van der Waals surface area contributed by atoms with Gasteiger partial charge in [0.1, 0.15) is 21.3 Å². The first-order chi connectivity index (χ1) is 14.3. The molecule has 0 spiro atoms. The van der Waals surface area contributed by atoms with Crippen LogP contribution in [0.25, 0.3) is 12.2 Å². The zero-order chi connectivity index (χ0) is 21.7. The van der Waals surface area contributed by atoms with Crippen molar-refractivity contribution in [2.75, 3.05) is 17.1 Å². The molecule has 0 saturated heterocycles. The van der Waals surface area contributed by atoms with E-state index < -0.39 is 10.0 Å². The molecule has 2 N–H and O–H groups in total. The molecule has 0 atom stereocenters. The lowest BCUT2D eigenvalue weighted by Gasteiger charge is -2.10.